The predicted molar refractivity (Wildman–Crippen MR) is 88.7 cm³/mol. The van der Waals surface area contributed by atoms with Crippen molar-refractivity contribution in [3.05, 3.63) is 34.0 Å². The molecule has 2 aromatic heterocycles. The first-order chi connectivity index (χ1) is 10.1. The maximum absolute atomic E-state index is 12.0. The van der Waals surface area contributed by atoms with Crippen LogP contribution in [0.25, 0.3) is 0 Å². The molecule has 0 aromatic carbocycles. The number of hydrogen-bond acceptors (Lipinski definition) is 6. The summed E-state index contributed by atoms with van der Waals surface area (Å²) in [5.74, 6) is -0.205. The number of carbonyl (C=O) groups is 2. The molecule has 0 aliphatic rings. The highest BCUT2D eigenvalue weighted by molar-refractivity contribution is 8.01. The first-order valence-corrected chi connectivity index (χ1v) is 9.02. The quantitative estimate of drug-likeness (QED) is 0.637. The van der Waals surface area contributed by atoms with Gasteiger partial charge in [-0.05, 0) is 31.4 Å². The van der Waals surface area contributed by atoms with Crippen LogP contribution in [0.2, 0.25) is 0 Å². The highest BCUT2D eigenvalue weighted by Crippen LogP contribution is 2.29. The number of amides is 1. The van der Waals surface area contributed by atoms with Crippen LogP contribution >= 0.6 is 34.4 Å². The molecule has 1 N–H and O–H groups in total. The Morgan fingerprint density at radius 3 is 2.90 bits per heavy atom. The third-order valence-corrected chi connectivity index (χ3v) is 5.54. The fourth-order valence-corrected chi connectivity index (χ4v) is 4.11. The molecule has 4 nitrogen and oxygen atoms in total. The van der Waals surface area contributed by atoms with Crippen LogP contribution in [0.1, 0.15) is 22.2 Å². The fourth-order valence-electron chi connectivity index (χ4n) is 1.61. The SMILES string of the molecule is CCOC(=O)c1cc(C)sc1NC(=O)CSc1cccs1. The summed E-state index contributed by atoms with van der Waals surface area (Å²) in [7, 11) is 0. The number of esters is 1. The van der Waals surface area contributed by atoms with Gasteiger partial charge in [-0.2, -0.15) is 0 Å². The molecule has 0 saturated carbocycles. The van der Waals surface area contributed by atoms with E-state index < -0.39 is 5.97 Å². The molecule has 0 unspecified atom stereocenters. The van der Waals surface area contributed by atoms with Gasteiger partial charge in [-0.1, -0.05) is 6.07 Å². The number of rotatable bonds is 6. The Balaban J connectivity index is 1.98. The lowest BCUT2D eigenvalue weighted by molar-refractivity contribution is -0.113. The summed E-state index contributed by atoms with van der Waals surface area (Å²) < 4.78 is 6.09. The van der Waals surface area contributed by atoms with Gasteiger partial charge in [0.1, 0.15) is 5.00 Å². The van der Waals surface area contributed by atoms with Crippen molar-refractivity contribution in [1.82, 2.24) is 0 Å². The highest BCUT2D eigenvalue weighted by atomic mass is 32.2. The van der Waals surface area contributed by atoms with E-state index in [9.17, 15) is 9.59 Å². The van der Waals surface area contributed by atoms with Crippen LogP contribution in [0.5, 0.6) is 0 Å². The van der Waals surface area contributed by atoms with Crippen LogP contribution < -0.4 is 5.32 Å². The van der Waals surface area contributed by atoms with Crippen molar-refractivity contribution in [1.29, 1.82) is 0 Å². The molecule has 2 aromatic rings. The predicted octanol–water partition coefficient (Wildman–Crippen LogP) is 4.03. The average Bonchev–Trinajstić information content (AvgIpc) is 3.06. The van der Waals surface area contributed by atoms with Crippen molar-refractivity contribution >= 4 is 51.3 Å². The maximum atomic E-state index is 12.0. The molecule has 112 valence electrons. The Labute approximate surface area is 135 Å². The smallest absolute Gasteiger partial charge is 0.341 e. The molecular formula is C14H15NO3S3. The van der Waals surface area contributed by atoms with E-state index in [1.54, 1.807) is 24.3 Å². The minimum Gasteiger partial charge on any atom is -0.462 e. The Hall–Kier alpha value is -1.31. The lowest BCUT2D eigenvalue weighted by Crippen LogP contribution is -2.15. The highest BCUT2D eigenvalue weighted by Gasteiger charge is 2.17. The van der Waals surface area contributed by atoms with E-state index in [4.69, 9.17) is 4.74 Å². The molecule has 0 spiro atoms. The molecule has 1 amide bonds. The molecule has 0 aliphatic carbocycles. The third kappa shape index (κ3) is 4.59. The fraction of sp³-hybridized carbons (Fsp3) is 0.286. The monoisotopic (exact) mass is 341 g/mol. The maximum Gasteiger partial charge on any atom is 0.341 e. The Kier molecular flexibility index (Phi) is 5.84. The van der Waals surface area contributed by atoms with E-state index in [1.165, 1.54) is 23.1 Å². The van der Waals surface area contributed by atoms with Crippen LogP contribution in [-0.2, 0) is 9.53 Å². The Morgan fingerprint density at radius 2 is 2.24 bits per heavy atom. The van der Waals surface area contributed by atoms with Gasteiger partial charge < -0.3 is 10.1 Å². The second-order valence-electron chi connectivity index (χ2n) is 4.09. The van der Waals surface area contributed by atoms with Gasteiger partial charge in [0.15, 0.2) is 0 Å². The summed E-state index contributed by atoms with van der Waals surface area (Å²) in [4.78, 5) is 24.8. The molecule has 2 heterocycles. The number of aryl methyl sites for hydroxylation is 1. The van der Waals surface area contributed by atoms with Gasteiger partial charge in [0.05, 0.1) is 22.1 Å². The van der Waals surface area contributed by atoms with E-state index in [-0.39, 0.29) is 5.91 Å². The molecular weight excluding hydrogens is 326 g/mol. The van der Waals surface area contributed by atoms with Crippen LogP contribution in [0.4, 0.5) is 5.00 Å². The van der Waals surface area contributed by atoms with Crippen molar-refractivity contribution in [2.75, 3.05) is 17.7 Å². The normalized spacial score (nSPS) is 10.4. The number of hydrogen-bond donors (Lipinski definition) is 1. The molecule has 0 radical (unpaired) electrons. The van der Waals surface area contributed by atoms with Gasteiger partial charge in [0, 0.05) is 4.88 Å². The van der Waals surface area contributed by atoms with Gasteiger partial charge in [-0.15, -0.1) is 34.4 Å². The third-order valence-electron chi connectivity index (χ3n) is 2.44. The molecule has 7 heteroatoms. The zero-order chi connectivity index (χ0) is 15.2. The topological polar surface area (TPSA) is 55.4 Å². The number of ether oxygens (including phenoxy) is 1. The standard InChI is InChI=1S/C14H15NO3S3/c1-3-18-14(17)10-7-9(2)21-13(10)15-11(16)8-20-12-5-4-6-19-12/h4-7H,3,8H2,1-2H3,(H,15,16). The summed E-state index contributed by atoms with van der Waals surface area (Å²) in [5.41, 5.74) is 0.425. The number of carbonyl (C=O) groups excluding carboxylic acids is 2. The zero-order valence-corrected chi connectivity index (χ0v) is 14.1. The van der Waals surface area contributed by atoms with Gasteiger partial charge in [0.25, 0.3) is 0 Å². The number of thiophene rings is 2. The second kappa shape index (κ2) is 7.63. The van der Waals surface area contributed by atoms with E-state index >= 15 is 0 Å². The van der Waals surface area contributed by atoms with Crippen molar-refractivity contribution in [3.63, 3.8) is 0 Å². The van der Waals surface area contributed by atoms with Crippen molar-refractivity contribution in [3.8, 4) is 0 Å². The van der Waals surface area contributed by atoms with E-state index in [0.717, 1.165) is 9.09 Å². The lowest BCUT2D eigenvalue weighted by atomic mass is 10.3. The summed E-state index contributed by atoms with van der Waals surface area (Å²) in [6.07, 6.45) is 0. The van der Waals surface area contributed by atoms with Crippen LogP contribution in [-0.4, -0.2) is 24.2 Å². The average molecular weight is 341 g/mol. The molecule has 0 bridgehead atoms. The number of nitrogens with one attached hydrogen (secondary N) is 1. The first kappa shape index (κ1) is 16.1. The number of anilines is 1. The van der Waals surface area contributed by atoms with Crippen molar-refractivity contribution < 1.29 is 14.3 Å². The molecule has 0 atom stereocenters. The molecule has 0 fully saturated rings. The molecule has 0 aliphatic heterocycles. The Morgan fingerprint density at radius 1 is 1.43 bits per heavy atom. The summed E-state index contributed by atoms with van der Waals surface area (Å²) >= 11 is 4.46. The van der Waals surface area contributed by atoms with Gasteiger partial charge in [-0.25, -0.2) is 4.79 Å². The molecule has 2 rings (SSSR count). The van der Waals surface area contributed by atoms with Gasteiger partial charge in [0.2, 0.25) is 5.91 Å². The minimum atomic E-state index is -0.400. The second-order valence-corrected chi connectivity index (χ2v) is 7.57. The lowest BCUT2D eigenvalue weighted by Gasteiger charge is -2.05. The minimum absolute atomic E-state index is 0.124. The largest absolute Gasteiger partial charge is 0.462 e. The summed E-state index contributed by atoms with van der Waals surface area (Å²) in [5, 5.41) is 5.33. The van der Waals surface area contributed by atoms with Gasteiger partial charge >= 0.3 is 5.97 Å². The van der Waals surface area contributed by atoms with E-state index in [0.29, 0.717) is 22.9 Å². The van der Waals surface area contributed by atoms with Crippen LogP contribution in [0, 0.1) is 6.92 Å². The van der Waals surface area contributed by atoms with Crippen LogP contribution in [0.3, 0.4) is 0 Å². The zero-order valence-electron chi connectivity index (χ0n) is 11.7. The summed E-state index contributed by atoms with van der Waals surface area (Å²) in [6, 6.07) is 5.67. The Bertz CT molecular complexity index is 619. The van der Waals surface area contributed by atoms with Crippen LogP contribution in [0.15, 0.2) is 27.8 Å². The van der Waals surface area contributed by atoms with E-state index in [1.807, 2.05) is 24.4 Å². The number of thioether (sulfide) groups is 1. The first-order valence-electron chi connectivity index (χ1n) is 6.34. The molecule has 21 heavy (non-hydrogen) atoms. The van der Waals surface area contributed by atoms with Crippen molar-refractivity contribution in [2.24, 2.45) is 0 Å². The van der Waals surface area contributed by atoms with Gasteiger partial charge in [-0.3, -0.25) is 4.79 Å². The summed E-state index contributed by atoms with van der Waals surface area (Å²) in [6.45, 7) is 3.96. The van der Waals surface area contributed by atoms with E-state index in [2.05, 4.69) is 5.32 Å². The molecule has 0 saturated heterocycles. The van der Waals surface area contributed by atoms with Crippen molar-refractivity contribution in [2.45, 2.75) is 18.1 Å².